The van der Waals surface area contributed by atoms with Crippen LogP contribution in [-0.4, -0.2) is 116 Å². The van der Waals surface area contributed by atoms with Crippen molar-refractivity contribution in [2.24, 2.45) is 0 Å². The van der Waals surface area contributed by atoms with Gasteiger partial charge in [0, 0.05) is 31.8 Å². The van der Waals surface area contributed by atoms with Gasteiger partial charge in [-0.05, 0) is 61.4 Å². The highest BCUT2D eigenvalue weighted by atomic mass is 32.2. The van der Waals surface area contributed by atoms with E-state index < -0.39 is 37.3 Å². The molecule has 0 amide bonds. The summed E-state index contributed by atoms with van der Waals surface area (Å²) in [4.78, 5) is 12.6. The lowest BCUT2D eigenvalue weighted by Crippen LogP contribution is -2.56. The summed E-state index contributed by atoms with van der Waals surface area (Å²) in [6.45, 7) is 0.608. The number of hydrogen-bond acceptors (Lipinski definition) is 14. The second-order valence-corrected chi connectivity index (χ2v) is 16.0. The van der Waals surface area contributed by atoms with Crippen LogP contribution in [0, 0.1) is 0 Å². The van der Waals surface area contributed by atoms with E-state index in [1.54, 1.807) is 44.7 Å². The monoisotopic (exact) mass is 818 g/mol. The van der Waals surface area contributed by atoms with Crippen LogP contribution in [0.5, 0.6) is 34.5 Å². The van der Waals surface area contributed by atoms with Crippen LogP contribution in [0.1, 0.15) is 25.7 Å². The SMILES string of the molecule is COc1cc(-c2ccc(N(C)CCCCCC(CS(=O)(=O)O)(CS(=O)(=O)O)N(C)c3ccc(-c4cc(OC)c(OC)c(OC)c4)nc3)cn2)cc(OC)c1OC. The number of ether oxygens (including phenoxy) is 6. The first-order chi connectivity index (χ1) is 26.5. The van der Waals surface area contributed by atoms with E-state index >= 15 is 0 Å². The Kier molecular flexibility index (Phi) is 14.6. The molecule has 2 N–H and O–H groups in total. The second kappa shape index (κ2) is 18.7. The Balaban J connectivity index is 1.49. The minimum Gasteiger partial charge on any atom is -0.493 e. The number of pyridine rings is 2. The molecule has 4 aromatic rings. The first-order valence-electron chi connectivity index (χ1n) is 17.4. The average molecular weight is 819 g/mol. The molecule has 2 aromatic carbocycles. The molecule has 56 heavy (non-hydrogen) atoms. The van der Waals surface area contributed by atoms with Gasteiger partial charge in [0.1, 0.15) is 0 Å². The summed E-state index contributed by atoms with van der Waals surface area (Å²) in [6.07, 6.45) is 4.82. The highest BCUT2D eigenvalue weighted by Gasteiger charge is 2.42. The zero-order chi connectivity index (χ0) is 41.3. The molecular formula is C38H50N4O12S2. The lowest BCUT2D eigenvalue weighted by molar-refractivity contribution is 0.324. The number of hydrogen-bond donors (Lipinski definition) is 2. The van der Waals surface area contributed by atoms with Crippen molar-refractivity contribution in [1.82, 2.24) is 9.97 Å². The van der Waals surface area contributed by atoms with Crippen LogP contribution >= 0.6 is 0 Å². The van der Waals surface area contributed by atoms with Gasteiger partial charge in [0.2, 0.25) is 11.5 Å². The van der Waals surface area contributed by atoms with Crippen LogP contribution in [0.25, 0.3) is 22.5 Å². The largest absolute Gasteiger partial charge is 0.493 e. The van der Waals surface area contributed by atoms with Crippen molar-refractivity contribution < 1.29 is 54.4 Å². The average Bonchev–Trinajstić information content (AvgIpc) is 3.17. The summed E-state index contributed by atoms with van der Waals surface area (Å²) >= 11 is 0. The van der Waals surface area contributed by atoms with Gasteiger partial charge >= 0.3 is 0 Å². The Morgan fingerprint density at radius 1 is 0.589 bits per heavy atom. The van der Waals surface area contributed by atoms with Gasteiger partial charge in [-0.2, -0.15) is 16.8 Å². The van der Waals surface area contributed by atoms with E-state index in [1.807, 2.05) is 36.2 Å². The number of anilines is 2. The molecule has 0 aliphatic heterocycles. The maximum absolute atomic E-state index is 12.4. The summed E-state index contributed by atoms with van der Waals surface area (Å²) in [5.74, 6) is 0.836. The van der Waals surface area contributed by atoms with Crippen molar-refractivity contribution >= 4 is 31.6 Å². The van der Waals surface area contributed by atoms with Crippen LogP contribution < -0.4 is 38.2 Å². The fourth-order valence-electron chi connectivity index (χ4n) is 6.60. The van der Waals surface area contributed by atoms with Crippen molar-refractivity contribution in [2.75, 3.05) is 84.6 Å². The summed E-state index contributed by atoms with van der Waals surface area (Å²) in [7, 11) is 3.09. The lowest BCUT2D eigenvalue weighted by Gasteiger charge is -2.42. The molecule has 0 fully saturated rings. The molecule has 0 saturated heterocycles. The van der Waals surface area contributed by atoms with E-state index in [0.29, 0.717) is 82.9 Å². The zero-order valence-electron chi connectivity index (χ0n) is 32.8. The minimum atomic E-state index is -4.72. The number of rotatable bonds is 21. The molecule has 0 spiro atoms. The molecule has 0 aliphatic carbocycles. The van der Waals surface area contributed by atoms with E-state index in [9.17, 15) is 25.9 Å². The highest BCUT2D eigenvalue weighted by molar-refractivity contribution is 7.86. The molecular weight excluding hydrogens is 769 g/mol. The molecule has 0 bridgehead atoms. The standard InChI is InChI=1S/C38H50N4O12S2/c1-41(28-12-14-30(39-22-28)26-18-32(49-3)36(53-7)33(19-26)50-4)17-11-9-10-16-38(24-55(43,44)45,25-56(46,47)48)42(2)29-13-15-31(40-23-29)27-20-34(51-5)37(54-8)35(21-27)52-6/h12-15,18-23H,9-11,16-17,24-25H2,1-8H3,(H,43,44,45)(H,46,47,48). The number of nitrogens with zero attached hydrogens (tertiary/aromatic N) is 4. The number of aromatic nitrogens is 2. The number of unbranched alkanes of at least 4 members (excludes halogenated alkanes) is 2. The minimum absolute atomic E-state index is 0.00641. The number of benzene rings is 2. The van der Waals surface area contributed by atoms with Gasteiger partial charge in [-0.15, -0.1) is 0 Å². The van der Waals surface area contributed by atoms with Crippen molar-refractivity contribution in [3.8, 4) is 57.0 Å². The van der Waals surface area contributed by atoms with Crippen molar-refractivity contribution in [3.05, 3.63) is 60.9 Å². The second-order valence-electron chi connectivity index (χ2n) is 13.1. The van der Waals surface area contributed by atoms with Gasteiger partial charge in [-0.3, -0.25) is 19.1 Å². The van der Waals surface area contributed by atoms with E-state index in [1.165, 1.54) is 46.6 Å². The zero-order valence-corrected chi connectivity index (χ0v) is 34.4. The predicted octanol–water partition coefficient (Wildman–Crippen LogP) is 5.51. The van der Waals surface area contributed by atoms with E-state index in [4.69, 9.17) is 28.4 Å². The van der Waals surface area contributed by atoms with Gasteiger partial charge in [0.05, 0.1) is 94.9 Å². The third-order valence-corrected chi connectivity index (χ3v) is 11.3. The van der Waals surface area contributed by atoms with Crippen LogP contribution in [0.4, 0.5) is 11.4 Å². The van der Waals surface area contributed by atoms with Gasteiger partial charge in [-0.25, -0.2) is 0 Å². The van der Waals surface area contributed by atoms with E-state index in [2.05, 4.69) is 9.97 Å². The molecule has 0 radical (unpaired) electrons. The Morgan fingerprint density at radius 2 is 1.00 bits per heavy atom. The molecule has 0 aliphatic rings. The van der Waals surface area contributed by atoms with E-state index in [-0.39, 0.29) is 6.42 Å². The normalized spacial score (nSPS) is 11.8. The molecule has 18 heteroatoms. The molecule has 0 atom stereocenters. The Morgan fingerprint density at radius 3 is 1.34 bits per heavy atom. The van der Waals surface area contributed by atoms with Crippen molar-refractivity contribution in [3.63, 3.8) is 0 Å². The van der Waals surface area contributed by atoms with Crippen molar-refractivity contribution in [2.45, 2.75) is 31.2 Å². The third kappa shape index (κ3) is 10.8. The Bertz CT molecular complexity index is 2070. The van der Waals surface area contributed by atoms with Crippen LogP contribution in [0.15, 0.2) is 60.9 Å². The Labute approximate surface area is 328 Å². The molecule has 16 nitrogen and oxygen atoms in total. The van der Waals surface area contributed by atoms with Crippen LogP contribution in [0.2, 0.25) is 0 Å². The number of methoxy groups -OCH3 is 6. The summed E-state index contributed by atoms with van der Waals surface area (Å²) < 4.78 is 102. The maximum atomic E-state index is 12.4. The van der Waals surface area contributed by atoms with Gasteiger partial charge in [0.15, 0.2) is 23.0 Å². The fraction of sp³-hybridized carbons (Fsp3) is 0.421. The smallest absolute Gasteiger partial charge is 0.267 e. The molecule has 0 saturated carbocycles. The van der Waals surface area contributed by atoms with Gasteiger partial charge < -0.3 is 38.2 Å². The van der Waals surface area contributed by atoms with Crippen molar-refractivity contribution in [1.29, 1.82) is 0 Å². The molecule has 2 aromatic heterocycles. The van der Waals surface area contributed by atoms with Crippen LogP contribution in [0.3, 0.4) is 0 Å². The first-order valence-corrected chi connectivity index (χ1v) is 20.6. The summed E-state index contributed by atoms with van der Waals surface area (Å²) in [5.41, 5.74) is 2.09. The first kappa shape index (κ1) is 43.7. The third-order valence-electron chi connectivity index (χ3n) is 9.49. The van der Waals surface area contributed by atoms with Gasteiger partial charge in [0.25, 0.3) is 20.2 Å². The Hall–Kier alpha value is -5.04. The summed E-state index contributed by atoms with van der Waals surface area (Å²) in [5, 5.41) is 0. The quantitative estimate of drug-likeness (QED) is 0.0788. The van der Waals surface area contributed by atoms with Gasteiger partial charge in [-0.1, -0.05) is 12.8 Å². The molecule has 2 heterocycles. The summed E-state index contributed by atoms with van der Waals surface area (Å²) in [6, 6.07) is 14.2. The lowest BCUT2D eigenvalue weighted by atomic mass is 9.93. The molecule has 306 valence electrons. The van der Waals surface area contributed by atoms with E-state index in [0.717, 1.165) is 11.3 Å². The highest BCUT2D eigenvalue weighted by Crippen LogP contribution is 2.42. The molecule has 0 unspecified atom stereocenters. The van der Waals surface area contributed by atoms with Crippen LogP contribution in [-0.2, 0) is 20.2 Å². The topological polar surface area (TPSA) is 196 Å². The maximum Gasteiger partial charge on any atom is 0.267 e. The fourth-order valence-corrected chi connectivity index (χ4v) is 8.97. The molecule has 4 rings (SSSR count). The predicted molar refractivity (Wildman–Crippen MR) is 214 cm³/mol.